The number of carbonyl (C=O) groups is 3. The third-order valence-electron chi connectivity index (χ3n) is 6.56. The van der Waals surface area contributed by atoms with Gasteiger partial charge in [-0.25, -0.2) is 0 Å². The van der Waals surface area contributed by atoms with Crippen molar-refractivity contribution in [1.29, 1.82) is 0 Å². The van der Waals surface area contributed by atoms with Crippen LogP contribution in [0.2, 0.25) is 0 Å². The van der Waals surface area contributed by atoms with Crippen molar-refractivity contribution in [2.24, 2.45) is 13.0 Å². The van der Waals surface area contributed by atoms with Gasteiger partial charge in [-0.1, -0.05) is 24.3 Å². The van der Waals surface area contributed by atoms with E-state index in [4.69, 9.17) is 4.74 Å². The zero-order valence-corrected chi connectivity index (χ0v) is 18.3. The van der Waals surface area contributed by atoms with Gasteiger partial charge < -0.3 is 19.5 Å². The zero-order valence-electron chi connectivity index (χ0n) is 18.3. The maximum absolute atomic E-state index is 13.9. The van der Waals surface area contributed by atoms with Gasteiger partial charge in [-0.15, -0.1) is 0 Å². The van der Waals surface area contributed by atoms with E-state index in [0.717, 1.165) is 33.3 Å². The van der Waals surface area contributed by atoms with E-state index >= 15 is 0 Å². The molecule has 164 valence electrons. The fourth-order valence-corrected chi connectivity index (χ4v) is 5.05. The van der Waals surface area contributed by atoms with Gasteiger partial charge in [0.15, 0.2) is 5.78 Å². The summed E-state index contributed by atoms with van der Waals surface area (Å²) in [6, 6.07) is 7.95. The van der Waals surface area contributed by atoms with Crippen LogP contribution >= 0.6 is 0 Å². The molecule has 2 unspecified atom stereocenters. The van der Waals surface area contributed by atoms with Gasteiger partial charge >= 0.3 is 5.97 Å². The van der Waals surface area contributed by atoms with Gasteiger partial charge in [-0.3, -0.25) is 14.4 Å². The Kier molecular flexibility index (Phi) is 4.86. The molecule has 0 radical (unpaired) electrons. The van der Waals surface area contributed by atoms with E-state index in [9.17, 15) is 14.4 Å². The number of aromatic nitrogens is 1. The maximum Gasteiger partial charge on any atom is 0.302 e. The van der Waals surface area contributed by atoms with Crippen LogP contribution in [0, 0.1) is 5.92 Å². The van der Waals surface area contributed by atoms with Gasteiger partial charge in [0.2, 0.25) is 0 Å². The number of amides is 1. The molecule has 0 fully saturated rings. The van der Waals surface area contributed by atoms with Crippen LogP contribution in [-0.4, -0.2) is 53.9 Å². The van der Waals surface area contributed by atoms with E-state index in [-0.39, 0.29) is 18.3 Å². The molecule has 32 heavy (non-hydrogen) atoms. The Labute approximate surface area is 186 Å². The molecule has 3 aliphatic rings. The molecule has 1 N–H and O–H groups in total. The lowest BCUT2D eigenvalue weighted by molar-refractivity contribution is -0.143. The molecule has 7 nitrogen and oxygen atoms in total. The molecule has 0 bridgehead atoms. The molecule has 0 saturated carbocycles. The van der Waals surface area contributed by atoms with E-state index in [1.165, 1.54) is 6.92 Å². The summed E-state index contributed by atoms with van der Waals surface area (Å²) >= 11 is 0. The molecule has 2 atom stereocenters. The monoisotopic (exact) mass is 431 g/mol. The van der Waals surface area contributed by atoms with Crippen LogP contribution in [0.25, 0.3) is 10.9 Å². The zero-order chi connectivity index (χ0) is 22.6. The molecular weight excluding hydrogens is 406 g/mol. The van der Waals surface area contributed by atoms with Gasteiger partial charge in [0.1, 0.15) is 6.61 Å². The summed E-state index contributed by atoms with van der Waals surface area (Å²) in [6.07, 6.45) is 5.79. The Morgan fingerprint density at radius 1 is 1.22 bits per heavy atom. The van der Waals surface area contributed by atoms with Crippen molar-refractivity contribution < 1.29 is 19.1 Å². The number of nitrogens with one attached hydrogen (secondary N) is 1. The number of ether oxygens (including phenoxy) is 1. The Bertz CT molecular complexity index is 1260. The van der Waals surface area contributed by atoms with E-state index < -0.39 is 17.8 Å². The Morgan fingerprint density at radius 3 is 2.72 bits per heavy atom. The number of fused-ring (bicyclic) bond motifs is 2. The minimum absolute atomic E-state index is 0.0339. The lowest BCUT2D eigenvalue weighted by Gasteiger charge is -2.29. The SMILES string of the molecule is CC(=O)OCC1C=C2C(=C(C3=CCNC3)C(=O)N2C)C(c2cn(C)c3ccccc23)C1=O. The highest BCUT2D eigenvalue weighted by Gasteiger charge is 2.47. The number of hydrogen-bond donors (Lipinski definition) is 1. The summed E-state index contributed by atoms with van der Waals surface area (Å²) < 4.78 is 7.22. The average molecular weight is 431 g/mol. The Balaban J connectivity index is 1.75. The molecule has 5 rings (SSSR count). The largest absolute Gasteiger partial charge is 0.465 e. The molecule has 1 aromatic heterocycles. The molecule has 3 heterocycles. The molecule has 2 aromatic rings. The summed E-state index contributed by atoms with van der Waals surface area (Å²) in [5, 5.41) is 4.24. The van der Waals surface area contributed by atoms with Crippen molar-refractivity contribution in [2.45, 2.75) is 12.8 Å². The number of likely N-dealkylation sites (N-methyl/N-ethyl adjacent to an activating group) is 1. The lowest BCUT2D eigenvalue weighted by Crippen LogP contribution is -2.33. The molecule has 1 aliphatic carbocycles. The first-order valence-corrected chi connectivity index (χ1v) is 10.7. The minimum Gasteiger partial charge on any atom is -0.465 e. The number of allylic oxidation sites excluding steroid dienone is 1. The first-order valence-electron chi connectivity index (χ1n) is 10.7. The first kappa shape index (κ1) is 20.5. The summed E-state index contributed by atoms with van der Waals surface area (Å²) in [6.45, 7) is 2.59. The van der Waals surface area contributed by atoms with Crippen LogP contribution in [-0.2, 0) is 26.2 Å². The third kappa shape index (κ3) is 3.04. The van der Waals surface area contributed by atoms with Crippen LogP contribution in [0.3, 0.4) is 0 Å². The second-order valence-electron chi connectivity index (χ2n) is 8.52. The van der Waals surface area contributed by atoms with E-state index in [0.29, 0.717) is 18.7 Å². The molecule has 0 spiro atoms. The fourth-order valence-electron chi connectivity index (χ4n) is 5.05. The highest BCUT2D eigenvalue weighted by molar-refractivity contribution is 6.10. The molecule has 2 aliphatic heterocycles. The fraction of sp³-hybridized carbons (Fsp3) is 0.320. The van der Waals surface area contributed by atoms with Crippen LogP contribution in [0.4, 0.5) is 0 Å². The molecule has 1 aromatic carbocycles. The van der Waals surface area contributed by atoms with Crippen LogP contribution < -0.4 is 5.32 Å². The summed E-state index contributed by atoms with van der Waals surface area (Å²) in [4.78, 5) is 40.3. The van der Waals surface area contributed by atoms with Crippen molar-refractivity contribution in [2.75, 3.05) is 26.7 Å². The predicted molar refractivity (Wildman–Crippen MR) is 120 cm³/mol. The summed E-state index contributed by atoms with van der Waals surface area (Å²) in [5.74, 6) is -1.84. The molecule has 7 heteroatoms. The van der Waals surface area contributed by atoms with E-state index in [1.807, 2.05) is 48.2 Å². The molecule has 1 amide bonds. The smallest absolute Gasteiger partial charge is 0.302 e. The highest BCUT2D eigenvalue weighted by atomic mass is 16.5. The standard InChI is InChI=1S/C25H25N3O4/c1-14(29)32-13-16-10-20-23(21(25(31)28(20)3)15-8-9-26-11-15)22(24(16)30)18-12-27(2)19-7-5-4-6-17(18)19/h4-8,10,12,16,22,26H,9,11,13H2,1-3H3. The first-order chi connectivity index (χ1) is 15.4. The van der Waals surface area contributed by atoms with Gasteiger partial charge in [0.05, 0.1) is 17.4 Å². The number of aryl methyl sites for hydroxylation is 1. The minimum atomic E-state index is -0.619. The second-order valence-corrected chi connectivity index (χ2v) is 8.52. The summed E-state index contributed by atoms with van der Waals surface area (Å²) in [5.41, 5.74) is 4.91. The van der Waals surface area contributed by atoms with Crippen molar-refractivity contribution in [3.05, 3.63) is 70.6 Å². The number of carbonyl (C=O) groups excluding carboxylic acids is 3. The van der Waals surface area contributed by atoms with Gasteiger partial charge in [0, 0.05) is 62.5 Å². The number of benzene rings is 1. The van der Waals surface area contributed by atoms with Crippen molar-refractivity contribution in [1.82, 2.24) is 14.8 Å². The number of hydrogen-bond acceptors (Lipinski definition) is 5. The van der Waals surface area contributed by atoms with Crippen molar-refractivity contribution >= 4 is 28.6 Å². The third-order valence-corrected chi connectivity index (χ3v) is 6.56. The normalized spacial score (nSPS) is 23.0. The molecule has 0 saturated heterocycles. The van der Waals surface area contributed by atoms with Gasteiger partial charge in [-0.2, -0.15) is 0 Å². The van der Waals surface area contributed by atoms with Crippen LogP contribution in [0.15, 0.2) is 65.0 Å². The van der Waals surface area contributed by atoms with Crippen LogP contribution in [0.1, 0.15) is 18.4 Å². The number of nitrogens with zero attached hydrogens (tertiary/aromatic N) is 2. The maximum atomic E-state index is 13.9. The number of ketones is 1. The van der Waals surface area contributed by atoms with Crippen LogP contribution in [0.5, 0.6) is 0 Å². The number of Topliss-reactive ketones (excluding diaryl/α,β-unsaturated/α-hetero) is 1. The average Bonchev–Trinajstić information content (AvgIpc) is 3.46. The number of esters is 1. The lowest BCUT2D eigenvalue weighted by atomic mass is 9.74. The van der Waals surface area contributed by atoms with E-state index in [1.54, 1.807) is 18.0 Å². The Morgan fingerprint density at radius 2 is 2.00 bits per heavy atom. The van der Waals surface area contributed by atoms with E-state index in [2.05, 4.69) is 5.32 Å². The predicted octanol–water partition coefficient (Wildman–Crippen LogP) is 2.21. The molecular formula is C25H25N3O4. The van der Waals surface area contributed by atoms with Crippen molar-refractivity contribution in [3.63, 3.8) is 0 Å². The summed E-state index contributed by atoms with van der Waals surface area (Å²) in [7, 11) is 3.69. The Hall–Kier alpha value is -3.45. The van der Waals surface area contributed by atoms with Gasteiger partial charge in [0.25, 0.3) is 5.91 Å². The van der Waals surface area contributed by atoms with Crippen molar-refractivity contribution in [3.8, 4) is 0 Å². The second kappa shape index (κ2) is 7.60. The van der Waals surface area contributed by atoms with Gasteiger partial charge in [-0.05, 0) is 23.3 Å². The topological polar surface area (TPSA) is 80.6 Å². The quantitative estimate of drug-likeness (QED) is 0.751. The number of rotatable bonds is 4. The number of para-hydroxylation sites is 1. The highest BCUT2D eigenvalue weighted by Crippen LogP contribution is 2.48.